The summed E-state index contributed by atoms with van der Waals surface area (Å²) in [6.07, 6.45) is 0.896. The average Bonchev–Trinajstić information content (AvgIpc) is 2.74. The summed E-state index contributed by atoms with van der Waals surface area (Å²) in [5.74, 6) is 2.88. The second kappa shape index (κ2) is 3.64. The van der Waals surface area contributed by atoms with Crippen molar-refractivity contribution < 1.29 is 9.15 Å². The Hall–Kier alpha value is -2.22. The first-order valence-electron chi connectivity index (χ1n) is 6.11. The Morgan fingerprint density at radius 2 is 1.94 bits per heavy atom. The van der Waals surface area contributed by atoms with Crippen molar-refractivity contribution in [2.45, 2.75) is 13.0 Å². The zero-order chi connectivity index (χ0) is 11.9. The summed E-state index contributed by atoms with van der Waals surface area (Å²) in [6, 6.07) is 16.4. The van der Waals surface area contributed by atoms with Gasteiger partial charge in [0.25, 0.3) is 0 Å². The predicted molar refractivity (Wildman–Crippen MR) is 68.9 cm³/mol. The van der Waals surface area contributed by atoms with Gasteiger partial charge in [-0.1, -0.05) is 36.4 Å². The van der Waals surface area contributed by atoms with Crippen LogP contribution in [-0.2, 0) is 13.0 Å². The normalized spacial score (nSPS) is 12.4. The van der Waals surface area contributed by atoms with Crippen LogP contribution >= 0.6 is 0 Å². The van der Waals surface area contributed by atoms with E-state index >= 15 is 0 Å². The van der Waals surface area contributed by atoms with E-state index < -0.39 is 0 Å². The van der Waals surface area contributed by atoms with Gasteiger partial charge in [-0.05, 0) is 17.2 Å². The summed E-state index contributed by atoms with van der Waals surface area (Å²) >= 11 is 0. The highest BCUT2D eigenvalue weighted by molar-refractivity contribution is 5.75. The van der Waals surface area contributed by atoms with Crippen molar-refractivity contribution >= 4 is 0 Å². The molecule has 4 bridgehead atoms. The smallest absolute Gasteiger partial charge is 0.138 e. The third kappa shape index (κ3) is 1.42. The van der Waals surface area contributed by atoms with E-state index in [9.17, 15) is 0 Å². The third-order valence-corrected chi connectivity index (χ3v) is 3.38. The van der Waals surface area contributed by atoms with Crippen LogP contribution in [0.4, 0.5) is 0 Å². The molecular weight excluding hydrogens is 224 g/mol. The molecule has 0 aromatic heterocycles. The van der Waals surface area contributed by atoms with Gasteiger partial charge in [0.05, 0.1) is 5.56 Å². The van der Waals surface area contributed by atoms with Gasteiger partial charge in [-0.15, -0.1) is 0 Å². The second-order valence-electron chi connectivity index (χ2n) is 4.63. The van der Waals surface area contributed by atoms with E-state index in [4.69, 9.17) is 9.15 Å². The van der Waals surface area contributed by atoms with Gasteiger partial charge < -0.3 is 9.15 Å². The molecule has 2 aliphatic heterocycles. The molecule has 2 heteroatoms. The van der Waals surface area contributed by atoms with Crippen molar-refractivity contribution in [1.82, 2.24) is 0 Å². The zero-order valence-electron chi connectivity index (χ0n) is 9.85. The van der Waals surface area contributed by atoms with Gasteiger partial charge in [0.15, 0.2) is 0 Å². The van der Waals surface area contributed by atoms with Crippen molar-refractivity contribution in [1.29, 1.82) is 0 Å². The number of hydrogen-bond donors (Lipinski definition) is 0. The molecule has 1 aromatic carbocycles. The van der Waals surface area contributed by atoms with Crippen LogP contribution < -0.4 is 4.74 Å². The summed E-state index contributed by atoms with van der Waals surface area (Å²) in [6.45, 7) is 0.601. The molecule has 0 amide bonds. The van der Waals surface area contributed by atoms with Crippen LogP contribution in [0.5, 0.6) is 5.75 Å². The number of rotatable bonds is 3. The summed E-state index contributed by atoms with van der Waals surface area (Å²) in [7, 11) is 0. The molecule has 0 radical (unpaired) electrons. The molecule has 88 valence electrons. The van der Waals surface area contributed by atoms with E-state index in [0.29, 0.717) is 6.61 Å². The highest BCUT2D eigenvalue weighted by Crippen LogP contribution is 2.43. The Morgan fingerprint density at radius 3 is 2.78 bits per heavy atom. The van der Waals surface area contributed by atoms with Crippen molar-refractivity contribution in [2.24, 2.45) is 0 Å². The molecule has 4 aliphatic rings. The first kappa shape index (κ1) is 9.77. The summed E-state index contributed by atoms with van der Waals surface area (Å²) in [4.78, 5) is 0. The average molecular weight is 236 g/mol. The minimum absolute atomic E-state index is 0.601. The van der Waals surface area contributed by atoms with Crippen LogP contribution in [0.1, 0.15) is 16.9 Å². The van der Waals surface area contributed by atoms with Crippen LogP contribution in [0.25, 0.3) is 11.3 Å². The first-order chi connectivity index (χ1) is 8.90. The molecule has 2 heterocycles. The maximum Gasteiger partial charge on any atom is 0.138 e. The number of hydrogen-bond acceptors (Lipinski definition) is 2. The van der Waals surface area contributed by atoms with Gasteiger partial charge in [-0.3, -0.25) is 0 Å². The molecule has 2 aliphatic carbocycles. The Labute approximate surface area is 105 Å². The minimum atomic E-state index is 0.601. The third-order valence-electron chi connectivity index (χ3n) is 3.38. The Balaban J connectivity index is 1.65. The van der Waals surface area contributed by atoms with E-state index in [1.54, 1.807) is 0 Å². The fraction of sp³-hybridized carbons (Fsp3) is 0.125. The fourth-order valence-electron chi connectivity index (χ4n) is 2.53. The summed E-state index contributed by atoms with van der Waals surface area (Å²) in [5, 5.41) is 0. The van der Waals surface area contributed by atoms with Gasteiger partial charge in [0.2, 0.25) is 0 Å². The van der Waals surface area contributed by atoms with Crippen LogP contribution in [-0.4, -0.2) is 0 Å². The molecular formula is C16H12O2. The lowest BCUT2D eigenvalue weighted by Gasteiger charge is -2.18. The zero-order valence-corrected chi connectivity index (χ0v) is 9.85. The van der Waals surface area contributed by atoms with E-state index in [-0.39, 0.29) is 0 Å². The van der Waals surface area contributed by atoms with Crippen LogP contribution in [0, 0.1) is 0 Å². The fourth-order valence-corrected chi connectivity index (χ4v) is 2.53. The van der Waals surface area contributed by atoms with Gasteiger partial charge >= 0.3 is 0 Å². The Kier molecular flexibility index (Phi) is 1.97. The molecule has 0 fully saturated rings. The number of benzene rings is 1. The maximum absolute atomic E-state index is 5.93. The predicted octanol–water partition coefficient (Wildman–Crippen LogP) is 3.87. The van der Waals surface area contributed by atoms with Crippen molar-refractivity contribution in [3.8, 4) is 17.1 Å². The molecule has 1 aromatic rings. The molecule has 0 N–H and O–H groups in total. The van der Waals surface area contributed by atoms with Crippen molar-refractivity contribution in [2.75, 3.05) is 0 Å². The summed E-state index contributed by atoms with van der Waals surface area (Å²) < 4.78 is 11.6. The SMILES string of the molecule is c1ccc(COc2cc3oc4ccc(c2-4)C3)cc1. The molecule has 2 nitrogen and oxygen atoms in total. The van der Waals surface area contributed by atoms with Gasteiger partial charge in [-0.25, -0.2) is 0 Å². The largest absolute Gasteiger partial charge is 0.488 e. The standard InChI is InChI=1S/C16H12O2/c1-2-4-11(5-3-1)10-17-15-9-13-8-12-6-7-14(18-13)16(12)15/h1-7,9H,8,10H2. The molecule has 0 spiro atoms. The molecule has 0 unspecified atom stereocenters. The van der Waals surface area contributed by atoms with E-state index in [2.05, 4.69) is 18.2 Å². The van der Waals surface area contributed by atoms with E-state index in [0.717, 1.165) is 29.3 Å². The van der Waals surface area contributed by atoms with Gasteiger partial charge in [0.1, 0.15) is 23.9 Å². The quantitative estimate of drug-likeness (QED) is 0.538. The lowest BCUT2D eigenvalue weighted by molar-refractivity contribution is 0.301. The number of fused-ring (bicyclic) bond motifs is 1. The monoisotopic (exact) mass is 236 g/mol. The lowest BCUT2D eigenvalue weighted by atomic mass is 10.0. The Bertz CT molecular complexity index is 667. The molecule has 18 heavy (non-hydrogen) atoms. The molecule has 0 atom stereocenters. The maximum atomic E-state index is 5.93. The van der Waals surface area contributed by atoms with Crippen LogP contribution in [0.2, 0.25) is 0 Å². The highest BCUT2D eigenvalue weighted by atomic mass is 16.5. The molecule has 0 saturated heterocycles. The minimum Gasteiger partial charge on any atom is -0.488 e. The Morgan fingerprint density at radius 1 is 1.06 bits per heavy atom. The van der Waals surface area contributed by atoms with E-state index in [1.807, 2.05) is 30.3 Å². The van der Waals surface area contributed by atoms with E-state index in [1.165, 1.54) is 11.1 Å². The first-order valence-corrected chi connectivity index (χ1v) is 6.11. The topological polar surface area (TPSA) is 22.4 Å². The molecule has 5 rings (SSSR count). The van der Waals surface area contributed by atoms with Gasteiger partial charge in [-0.2, -0.15) is 0 Å². The lowest BCUT2D eigenvalue weighted by Crippen LogP contribution is -2.03. The van der Waals surface area contributed by atoms with Crippen molar-refractivity contribution in [3.05, 3.63) is 65.4 Å². The van der Waals surface area contributed by atoms with Crippen LogP contribution in [0.15, 0.2) is 52.9 Å². The second-order valence-corrected chi connectivity index (χ2v) is 4.63. The summed E-state index contributed by atoms with van der Waals surface area (Å²) in [5.41, 5.74) is 3.64. The molecule has 0 saturated carbocycles. The van der Waals surface area contributed by atoms with Crippen molar-refractivity contribution in [3.63, 3.8) is 0 Å². The van der Waals surface area contributed by atoms with Crippen LogP contribution in [0.3, 0.4) is 0 Å². The van der Waals surface area contributed by atoms with Gasteiger partial charge in [0, 0.05) is 12.5 Å². The highest BCUT2D eigenvalue weighted by Gasteiger charge is 2.25. The number of ether oxygens (including phenoxy) is 1.